The molecule has 0 atom stereocenters. The first kappa shape index (κ1) is 15.6. The Morgan fingerprint density at radius 1 is 1.12 bits per heavy atom. The molecule has 25 heavy (non-hydrogen) atoms. The number of fused-ring (bicyclic) bond motifs is 3. The van der Waals surface area contributed by atoms with Crippen LogP contribution in [-0.4, -0.2) is 31.7 Å². The summed E-state index contributed by atoms with van der Waals surface area (Å²) in [6.07, 6.45) is 0. The third kappa shape index (κ3) is 2.96. The number of nitrogens with one attached hydrogen (secondary N) is 1. The molecule has 2 aromatic carbocycles. The zero-order valence-electron chi connectivity index (χ0n) is 12.7. The standard InChI is InChI=1S/C17H10F2N4OS/c18-9-5-6-13-11(7-9)15-16(20-13)21-17(23-22-15)25-8-14(24)10-3-1-2-4-12(10)19/h1-7H,8H2,(H,20,21,23). The predicted octanol–water partition coefficient (Wildman–Crippen LogP) is 3.76. The lowest BCUT2D eigenvalue weighted by Gasteiger charge is -2.01. The molecule has 0 bridgehead atoms. The molecule has 4 aromatic rings. The number of carbonyl (C=O) groups is 1. The van der Waals surface area contributed by atoms with Crippen LogP contribution in [0.3, 0.4) is 0 Å². The van der Waals surface area contributed by atoms with Gasteiger partial charge in [-0.1, -0.05) is 23.9 Å². The largest absolute Gasteiger partial charge is 0.338 e. The van der Waals surface area contributed by atoms with Crippen molar-refractivity contribution in [3.8, 4) is 0 Å². The molecule has 0 aliphatic carbocycles. The van der Waals surface area contributed by atoms with Crippen molar-refractivity contribution < 1.29 is 13.6 Å². The average Bonchev–Trinajstić information content (AvgIpc) is 2.97. The Labute approximate surface area is 144 Å². The molecule has 0 spiro atoms. The molecule has 0 fully saturated rings. The van der Waals surface area contributed by atoms with Gasteiger partial charge in [-0.05, 0) is 30.3 Å². The Morgan fingerprint density at radius 2 is 1.96 bits per heavy atom. The van der Waals surface area contributed by atoms with E-state index < -0.39 is 5.82 Å². The second-order valence-corrected chi connectivity index (χ2v) is 6.24. The van der Waals surface area contributed by atoms with Crippen LogP contribution in [0.15, 0.2) is 47.6 Å². The lowest BCUT2D eigenvalue weighted by atomic mass is 10.1. The number of benzene rings is 2. The van der Waals surface area contributed by atoms with Crippen LogP contribution < -0.4 is 0 Å². The molecule has 4 rings (SSSR count). The molecular weight excluding hydrogens is 346 g/mol. The number of aromatic nitrogens is 4. The van der Waals surface area contributed by atoms with Gasteiger partial charge >= 0.3 is 0 Å². The molecule has 124 valence electrons. The van der Waals surface area contributed by atoms with Crippen molar-refractivity contribution in [2.24, 2.45) is 0 Å². The van der Waals surface area contributed by atoms with Crippen LogP contribution in [0, 0.1) is 11.6 Å². The maximum absolute atomic E-state index is 13.6. The summed E-state index contributed by atoms with van der Waals surface area (Å²) in [6.45, 7) is 0. The number of halogens is 2. The Morgan fingerprint density at radius 3 is 2.80 bits per heavy atom. The number of hydrogen-bond acceptors (Lipinski definition) is 5. The third-order valence-electron chi connectivity index (χ3n) is 3.66. The molecule has 2 heterocycles. The first-order chi connectivity index (χ1) is 12.1. The van der Waals surface area contributed by atoms with Crippen LogP contribution in [0.5, 0.6) is 0 Å². The Balaban J connectivity index is 1.59. The van der Waals surface area contributed by atoms with Crippen molar-refractivity contribution in [2.45, 2.75) is 5.16 Å². The number of thioether (sulfide) groups is 1. The van der Waals surface area contributed by atoms with Crippen molar-refractivity contribution in [1.29, 1.82) is 0 Å². The highest BCUT2D eigenvalue weighted by atomic mass is 32.2. The fourth-order valence-corrected chi connectivity index (χ4v) is 3.16. The number of nitrogens with zero attached hydrogens (tertiary/aromatic N) is 3. The highest BCUT2D eigenvalue weighted by Gasteiger charge is 2.14. The van der Waals surface area contributed by atoms with Crippen molar-refractivity contribution in [3.05, 3.63) is 59.7 Å². The van der Waals surface area contributed by atoms with Gasteiger partial charge < -0.3 is 4.98 Å². The minimum atomic E-state index is -0.555. The minimum absolute atomic E-state index is 0.0109. The van der Waals surface area contributed by atoms with Gasteiger partial charge in [0, 0.05) is 10.9 Å². The number of carbonyl (C=O) groups excluding carboxylic acids is 1. The molecule has 0 unspecified atom stereocenters. The zero-order valence-corrected chi connectivity index (χ0v) is 13.5. The summed E-state index contributed by atoms with van der Waals surface area (Å²) >= 11 is 1.06. The normalized spacial score (nSPS) is 11.3. The molecule has 1 N–H and O–H groups in total. The lowest BCUT2D eigenvalue weighted by Crippen LogP contribution is -2.06. The van der Waals surface area contributed by atoms with Crippen molar-refractivity contribution in [3.63, 3.8) is 0 Å². The summed E-state index contributed by atoms with van der Waals surface area (Å²) in [4.78, 5) is 19.4. The van der Waals surface area contributed by atoms with Crippen LogP contribution in [-0.2, 0) is 0 Å². The van der Waals surface area contributed by atoms with Gasteiger partial charge in [0.25, 0.3) is 0 Å². The number of Topliss-reactive ketones (excluding diaryl/α,β-unsaturated/α-hetero) is 1. The predicted molar refractivity (Wildman–Crippen MR) is 90.6 cm³/mol. The Hall–Kier alpha value is -2.87. The summed E-state index contributed by atoms with van der Waals surface area (Å²) < 4.78 is 27.0. The summed E-state index contributed by atoms with van der Waals surface area (Å²) in [5.41, 5.74) is 1.64. The number of H-pyrrole nitrogens is 1. The Bertz CT molecular complexity index is 1110. The molecular formula is C17H10F2N4OS. The minimum Gasteiger partial charge on any atom is -0.338 e. The second-order valence-electron chi connectivity index (χ2n) is 5.30. The summed E-state index contributed by atoms with van der Waals surface area (Å²) in [6, 6.07) is 10.1. The monoisotopic (exact) mass is 356 g/mol. The van der Waals surface area contributed by atoms with E-state index in [1.807, 2.05) is 0 Å². The van der Waals surface area contributed by atoms with Crippen LogP contribution >= 0.6 is 11.8 Å². The fourth-order valence-electron chi connectivity index (χ4n) is 2.48. The van der Waals surface area contributed by atoms with E-state index in [2.05, 4.69) is 20.2 Å². The van der Waals surface area contributed by atoms with Gasteiger partial charge in [-0.3, -0.25) is 4.79 Å². The molecule has 0 amide bonds. The highest BCUT2D eigenvalue weighted by Crippen LogP contribution is 2.24. The van der Waals surface area contributed by atoms with Crippen LogP contribution in [0.25, 0.3) is 22.1 Å². The maximum atomic E-state index is 13.6. The molecule has 5 nitrogen and oxygen atoms in total. The van der Waals surface area contributed by atoms with Gasteiger partial charge in [-0.15, -0.1) is 10.2 Å². The van der Waals surface area contributed by atoms with Crippen molar-refractivity contribution >= 4 is 39.6 Å². The third-order valence-corrected chi connectivity index (χ3v) is 4.50. The van der Waals surface area contributed by atoms with Gasteiger partial charge in [0.2, 0.25) is 5.16 Å². The highest BCUT2D eigenvalue weighted by molar-refractivity contribution is 7.99. The second kappa shape index (κ2) is 6.21. The summed E-state index contributed by atoms with van der Waals surface area (Å²) in [5.74, 6) is -1.29. The van der Waals surface area contributed by atoms with E-state index >= 15 is 0 Å². The number of aromatic amines is 1. The summed E-state index contributed by atoms with van der Waals surface area (Å²) in [7, 11) is 0. The fraction of sp³-hybridized carbons (Fsp3) is 0.0588. The van der Waals surface area contributed by atoms with E-state index in [1.165, 1.54) is 30.3 Å². The van der Waals surface area contributed by atoms with E-state index in [1.54, 1.807) is 12.1 Å². The van der Waals surface area contributed by atoms with E-state index in [9.17, 15) is 13.6 Å². The first-order valence-electron chi connectivity index (χ1n) is 7.34. The number of hydrogen-bond donors (Lipinski definition) is 1. The topological polar surface area (TPSA) is 71.5 Å². The maximum Gasteiger partial charge on any atom is 0.211 e. The molecule has 0 saturated heterocycles. The molecule has 0 aliphatic heterocycles. The molecule has 0 aliphatic rings. The van der Waals surface area contributed by atoms with Gasteiger partial charge in [0.1, 0.15) is 17.2 Å². The van der Waals surface area contributed by atoms with Crippen molar-refractivity contribution in [2.75, 3.05) is 5.75 Å². The molecule has 8 heteroatoms. The smallest absolute Gasteiger partial charge is 0.211 e. The summed E-state index contributed by atoms with van der Waals surface area (Å²) in [5, 5.41) is 8.90. The zero-order chi connectivity index (χ0) is 17.4. The van der Waals surface area contributed by atoms with Crippen LogP contribution in [0.4, 0.5) is 8.78 Å². The first-order valence-corrected chi connectivity index (χ1v) is 8.32. The molecule has 0 saturated carbocycles. The van der Waals surface area contributed by atoms with E-state index in [0.717, 1.165) is 11.8 Å². The number of ketones is 1. The van der Waals surface area contributed by atoms with Gasteiger partial charge in [-0.2, -0.15) is 0 Å². The van der Waals surface area contributed by atoms with E-state index in [0.29, 0.717) is 22.1 Å². The Kier molecular flexibility index (Phi) is 3.89. The van der Waals surface area contributed by atoms with Gasteiger partial charge in [0.05, 0.1) is 11.3 Å². The van der Waals surface area contributed by atoms with Crippen LogP contribution in [0.1, 0.15) is 10.4 Å². The van der Waals surface area contributed by atoms with E-state index in [-0.39, 0.29) is 28.1 Å². The van der Waals surface area contributed by atoms with Gasteiger partial charge in [-0.25, -0.2) is 13.8 Å². The molecule has 2 aromatic heterocycles. The van der Waals surface area contributed by atoms with Gasteiger partial charge in [0.15, 0.2) is 11.4 Å². The molecule has 0 radical (unpaired) electrons. The lowest BCUT2D eigenvalue weighted by molar-refractivity contribution is 0.101. The average molecular weight is 356 g/mol. The van der Waals surface area contributed by atoms with Crippen LogP contribution in [0.2, 0.25) is 0 Å². The SMILES string of the molecule is O=C(CSc1nnc2c(n1)[nH]c1ccc(F)cc12)c1ccccc1F. The number of rotatable bonds is 4. The van der Waals surface area contributed by atoms with E-state index in [4.69, 9.17) is 0 Å². The van der Waals surface area contributed by atoms with Crippen molar-refractivity contribution in [1.82, 2.24) is 20.2 Å². The quantitative estimate of drug-likeness (QED) is 0.445.